The lowest BCUT2D eigenvalue weighted by molar-refractivity contribution is 0.0169. The van der Waals surface area contributed by atoms with Crippen molar-refractivity contribution >= 4 is 10.9 Å². The maximum absolute atomic E-state index is 15.7. The maximum atomic E-state index is 15.7. The van der Waals surface area contributed by atoms with Gasteiger partial charge in [0.1, 0.15) is 23.8 Å². The number of alkyl halides is 1. The van der Waals surface area contributed by atoms with Crippen LogP contribution in [0, 0.1) is 11.7 Å². The summed E-state index contributed by atoms with van der Waals surface area (Å²) in [6.07, 6.45) is 1.92. The Labute approximate surface area is 212 Å². The van der Waals surface area contributed by atoms with E-state index in [1.54, 1.807) is 6.07 Å². The van der Waals surface area contributed by atoms with Crippen LogP contribution >= 0.6 is 0 Å². The van der Waals surface area contributed by atoms with Gasteiger partial charge in [-0.2, -0.15) is 0 Å². The summed E-state index contributed by atoms with van der Waals surface area (Å²) in [5.41, 5.74) is 1.69. The number of rotatable bonds is 9. The second-order valence-electron chi connectivity index (χ2n) is 10.8. The molecule has 1 fully saturated rings. The molecular weight excluding hydrogens is 460 g/mol. The molecule has 0 radical (unpaired) electrons. The molecule has 5 nitrogen and oxygen atoms in total. The molecule has 3 heterocycles. The number of fused-ring (bicyclic) bond motifs is 3. The highest BCUT2D eigenvalue weighted by molar-refractivity contribution is 5.85. The second kappa shape index (κ2) is 10.1. The third kappa shape index (κ3) is 4.89. The van der Waals surface area contributed by atoms with Crippen LogP contribution in [0.25, 0.3) is 10.9 Å². The first-order valence-corrected chi connectivity index (χ1v) is 13.1. The van der Waals surface area contributed by atoms with Crippen LogP contribution in [0.5, 0.6) is 5.75 Å². The molecule has 5 rings (SSSR count). The van der Waals surface area contributed by atoms with Gasteiger partial charge in [-0.15, -0.1) is 0 Å². The Balaban J connectivity index is 1.43. The highest BCUT2D eigenvalue weighted by atomic mass is 19.1. The van der Waals surface area contributed by atoms with Gasteiger partial charge in [0.25, 0.3) is 0 Å². The van der Waals surface area contributed by atoms with Crippen molar-refractivity contribution < 1.29 is 18.6 Å². The SMILES string of the molecule is CCC1CN(CCOc2ccc([C@@H]3c4[nH]c5ccccc5c4C[C@@H](C)N3C[C@](C)(F)CO)c(F)c2)C1. The number of benzene rings is 2. The lowest BCUT2D eigenvalue weighted by Crippen LogP contribution is -2.49. The van der Waals surface area contributed by atoms with E-state index in [-0.39, 0.29) is 18.4 Å². The van der Waals surface area contributed by atoms with Crippen LogP contribution in [-0.4, -0.2) is 71.0 Å². The van der Waals surface area contributed by atoms with E-state index in [9.17, 15) is 5.11 Å². The molecule has 0 spiro atoms. The molecule has 7 heteroatoms. The first-order chi connectivity index (χ1) is 17.3. The zero-order valence-corrected chi connectivity index (χ0v) is 21.4. The van der Waals surface area contributed by atoms with Gasteiger partial charge < -0.3 is 14.8 Å². The van der Waals surface area contributed by atoms with Gasteiger partial charge in [0, 0.05) is 60.4 Å². The Kier molecular flexibility index (Phi) is 7.07. The van der Waals surface area contributed by atoms with Crippen LogP contribution in [0.2, 0.25) is 0 Å². The normalized spacial score (nSPS) is 22.8. The predicted molar refractivity (Wildman–Crippen MR) is 139 cm³/mol. The Morgan fingerprint density at radius 3 is 2.69 bits per heavy atom. The Bertz CT molecular complexity index is 1200. The van der Waals surface area contributed by atoms with Crippen molar-refractivity contribution in [3.05, 3.63) is 65.1 Å². The lowest BCUT2D eigenvalue weighted by Gasteiger charge is -2.43. The van der Waals surface area contributed by atoms with Crippen molar-refractivity contribution in [1.29, 1.82) is 0 Å². The number of para-hydroxylation sites is 1. The molecule has 2 N–H and O–H groups in total. The zero-order chi connectivity index (χ0) is 25.4. The lowest BCUT2D eigenvalue weighted by atomic mass is 9.87. The van der Waals surface area contributed by atoms with E-state index < -0.39 is 18.3 Å². The smallest absolute Gasteiger partial charge is 0.143 e. The van der Waals surface area contributed by atoms with Gasteiger partial charge in [-0.1, -0.05) is 37.6 Å². The molecule has 36 heavy (non-hydrogen) atoms. The van der Waals surface area contributed by atoms with Gasteiger partial charge in [0.2, 0.25) is 0 Å². The van der Waals surface area contributed by atoms with Gasteiger partial charge in [0.05, 0.1) is 12.6 Å². The van der Waals surface area contributed by atoms with Crippen LogP contribution in [0.15, 0.2) is 42.5 Å². The van der Waals surface area contributed by atoms with E-state index in [1.807, 2.05) is 36.1 Å². The molecule has 0 amide bonds. The maximum Gasteiger partial charge on any atom is 0.143 e. The van der Waals surface area contributed by atoms with E-state index in [0.717, 1.165) is 54.1 Å². The standard InChI is InChI=1S/C29H37F2N3O2/c1-4-20-15-33(16-20)11-12-36-21-9-10-23(25(30)14-21)28-27-24(22-7-5-6-8-26(22)32-27)13-19(2)34(28)17-29(3,31)18-35/h5-10,14,19-20,28,32,35H,4,11-13,15-18H2,1-3H3/t19-,28-,29+/m1/s1. The number of aromatic nitrogens is 1. The topological polar surface area (TPSA) is 51.7 Å². The van der Waals surface area contributed by atoms with E-state index in [0.29, 0.717) is 17.9 Å². The predicted octanol–water partition coefficient (Wildman–Crippen LogP) is 5.08. The summed E-state index contributed by atoms with van der Waals surface area (Å²) in [6.45, 7) is 8.63. The molecule has 0 unspecified atom stereocenters. The first-order valence-electron chi connectivity index (χ1n) is 13.1. The number of aromatic amines is 1. The van der Waals surface area contributed by atoms with Crippen molar-refractivity contribution in [3.8, 4) is 5.75 Å². The van der Waals surface area contributed by atoms with E-state index in [1.165, 1.54) is 19.4 Å². The van der Waals surface area contributed by atoms with Crippen molar-refractivity contribution in [2.75, 3.05) is 39.4 Å². The number of hydrogen-bond donors (Lipinski definition) is 2. The fourth-order valence-electron chi connectivity index (χ4n) is 5.75. The first kappa shape index (κ1) is 25.2. The highest BCUT2D eigenvalue weighted by Gasteiger charge is 2.40. The largest absolute Gasteiger partial charge is 0.492 e. The number of aliphatic hydroxyl groups is 1. The van der Waals surface area contributed by atoms with Gasteiger partial charge >= 0.3 is 0 Å². The number of H-pyrrole nitrogens is 1. The van der Waals surface area contributed by atoms with Gasteiger partial charge in [-0.05, 0) is 43.9 Å². The Hall–Kier alpha value is -2.48. The molecule has 194 valence electrons. The van der Waals surface area contributed by atoms with Crippen LogP contribution in [0.4, 0.5) is 8.78 Å². The van der Waals surface area contributed by atoms with E-state index in [2.05, 4.69) is 22.9 Å². The number of likely N-dealkylation sites (tertiary alicyclic amines) is 1. The summed E-state index contributed by atoms with van der Waals surface area (Å²) >= 11 is 0. The minimum absolute atomic E-state index is 0.00355. The number of hydrogen-bond acceptors (Lipinski definition) is 4. The molecule has 2 aliphatic heterocycles. The molecule has 0 bridgehead atoms. The summed E-state index contributed by atoms with van der Waals surface area (Å²) in [6, 6.07) is 12.5. The number of nitrogens with one attached hydrogen (secondary N) is 1. The van der Waals surface area contributed by atoms with Crippen molar-refractivity contribution in [2.24, 2.45) is 5.92 Å². The minimum atomic E-state index is -1.80. The quantitative estimate of drug-likeness (QED) is 0.433. The summed E-state index contributed by atoms with van der Waals surface area (Å²) < 4.78 is 36.6. The second-order valence-corrected chi connectivity index (χ2v) is 10.8. The number of halogens is 2. The molecule has 0 saturated carbocycles. The Morgan fingerprint density at radius 2 is 1.97 bits per heavy atom. The van der Waals surface area contributed by atoms with Crippen LogP contribution < -0.4 is 4.74 Å². The van der Waals surface area contributed by atoms with Crippen molar-refractivity contribution in [1.82, 2.24) is 14.8 Å². The molecule has 1 aromatic heterocycles. The molecule has 1 saturated heterocycles. The van der Waals surface area contributed by atoms with Crippen LogP contribution in [-0.2, 0) is 6.42 Å². The van der Waals surface area contributed by atoms with Crippen molar-refractivity contribution in [3.63, 3.8) is 0 Å². The van der Waals surface area contributed by atoms with E-state index in [4.69, 9.17) is 4.74 Å². The summed E-state index contributed by atoms with van der Waals surface area (Å²) in [5.74, 6) is 0.914. The summed E-state index contributed by atoms with van der Waals surface area (Å²) in [5, 5.41) is 10.8. The number of nitrogens with zero attached hydrogens (tertiary/aromatic N) is 2. The average Bonchev–Trinajstić information content (AvgIpc) is 3.19. The number of aliphatic hydroxyl groups excluding tert-OH is 1. The summed E-state index contributed by atoms with van der Waals surface area (Å²) in [7, 11) is 0. The third-order valence-electron chi connectivity index (χ3n) is 7.91. The average molecular weight is 498 g/mol. The summed E-state index contributed by atoms with van der Waals surface area (Å²) in [4.78, 5) is 7.83. The van der Waals surface area contributed by atoms with Gasteiger partial charge in [0.15, 0.2) is 0 Å². The monoisotopic (exact) mass is 497 g/mol. The fraction of sp³-hybridized carbons (Fsp3) is 0.517. The van der Waals surface area contributed by atoms with Gasteiger partial charge in [-0.3, -0.25) is 9.80 Å². The third-order valence-corrected chi connectivity index (χ3v) is 7.91. The molecular formula is C29H37F2N3O2. The molecule has 3 aromatic rings. The Morgan fingerprint density at radius 1 is 1.19 bits per heavy atom. The molecule has 0 aliphatic carbocycles. The van der Waals surface area contributed by atoms with Gasteiger partial charge in [-0.25, -0.2) is 8.78 Å². The number of ether oxygens (including phenoxy) is 1. The van der Waals surface area contributed by atoms with E-state index >= 15 is 8.78 Å². The molecule has 3 atom stereocenters. The zero-order valence-electron chi connectivity index (χ0n) is 21.4. The van der Waals surface area contributed by atoms with Crippen LogP contribution in [0.1, 0.15) is 50.1 Å². The molecule has 2 aliphatic rings. The highest BCUT2D eigenvalue weighted by Crippen LogP contribution is 2.42. The van der Waals surface area contributed by atoms with Crippen molar-refractivity contribution in [2.45, 2.75) is 51.4 Å². The molecule has 2 aromatic carbocycles. The minimum Gasteiger partial charge on any atom is -0.492 e. The fourth-order valence-corrected chi connectivity index (χ4v) is 5.75. The van der Waals surface area contributed by atoms with Crippen LogP contribution in [0.3, 0.4) is 0 Å².